The van der Waals surface area contributed by atoms with Gasteiger partial charge in [-0.3, -0.25) is 0 Å². The molecule has 0 N–H and O–H groups in total. The Morgan fingerprint density at radius 1 is 1.44 bits per heavy atom. The quantitative estimate of drug-likeness (QED) is 0.480. The van der Waals surface area contributed by atoms with Crippen molar-refractivity contribution in [1.29, 1.82) is 0 Å². The van der Waals surface area contributed by atoms with E-state index in [1.807, 2.05) is 20.8 Å². The molecule has 0 aliphatic heterocycles. The molecule has 0 aliphatic rings. The van der Waals surface area contributed by atoms with Crippen molar-refractivity contribution in [3.63, 3.8) is 0 Å². The second-order valence-corrected chi connectivity index (χ2v) is 6.65. The smallest absolute Gasteiger partial charge is 0.337 e. The second kappa shape index (κ2) is 6.02. The van der Waals surface area contributed by atoms with E-state index in [1.54, 1.807) is 24.3 Å². The number of hydrogen-bond acceptors (Lipinski definition) is 4. The fraction of sp³-hybridized carbons (Fsp3) is 0.385. The second-order valence-electron chi connectivity index (χ2n) is 4.71. The van der Waals surface area contributed by atoms with Crippen molar-refractivity contribution < 1.29 is 14.1 Å². The van der Waals surface area contributed by atoms with E-state index in [2.05, 4.69) is 9.13 Å². The van der Waals surface area contributed by atoms with Crippen LogP contribution in [0.4, 0.5) is 0 Å². The number of hydrogen-bond donors (Lipinski definition) is 0. The van der Waals surface area contributed by atoms with Gasteiger partial charge in [0.05, 0.1) is 18.9 Å². The van der Waals surface area contributed by atoms with Crippen LogP contribution in [0.5, 0.6) is 0 Å². The lowest BCUT2D eigenvalue weighted by Gasteiger charge is -2.17. The van der Waals surface area contributed by atoms with E-state index in [1.165, 1.54) is 13.3 Å². The largest absolute Gasteiger partial charge is 0.591 e. The van der Waals surface area contributed by atoms with Crippen LogP contribution in [-0.2, 0) is 16.1 Å². The molecule has 98 valence electrons. The molecule has 1 rings (SSSR count). The van der Waals surface area contributed by atoms with Crippen LogP contribution in [0.1, 0.15) is 36.7 Å². The van der Waals surface area contributed by atoms with Crippen molar-refractivity contribution in [1.82, 2.24) is 0 Å². The summed E-state index contributed by atoms with van der Waals surface area (Å²) in [7, 11) is 1.33. The van der Waals surface area contributed by atoms with Crippen molar-refractivity contribution in [3.05, 3.63) is 35.4 Å². The highest BCUT2D eigenvalue weighted by molar-refractivity contribution is 7.91. The van der Waals surface area contributed by atoms with E-state index >= 15 is 0 Å². The molecule has 0 spiro atoms. The van der Waals surface area contributed by atoms with Gasteiger partial charge >= 0.3 is 5.97 Å². The highest BCUT2D eigenvalue weighted by atomic mass is 32.2. The molecule has 0 saturated heterocycles. The Balaban J connectivity index is 2.86. The van der Waals surface area contributed by atoms with Crippen LogP contribution < -0.4 is 0 Å². The number of nitrogens with zero attached hydrogens (tertiary/aromatic N) is 1. The third kappa shape index (κ3) is 4.16. The van der Waals surface area contributed by atoms with Crippen LogP contribution >= 0.6 is 0 Å². The highest BCUT2D eigenvalue weighted by Crippen LogP contribution is 2.17. The summed E-state index contributed by atoms with van der Waals surface area (Å²) in [6.07, 6.45) is 1.51. The molecule has 0 aromatic heterocycles. The predicted molar refractivity (Wildman–Crippen MR) is 73.3 cm³/mol. The van der Waals surface area contributed by atoms with Gasteiger partial charge in [-0.1, -0.05) is 16.5 Å². The number of carbonyl (C=O) groups is 1. The zero-order valence-electron chi connectivity index (χ0n) is 11.0. The van der Waals surface area contributed by atoms with E-state index in [-0.39, 0.29) is 0 Å². The molecule has 1 atom stereocenters. The van der Waals surface area contributed by atoms with Gasteiger partial charge in [-0.15, -0.1) is 0 Å². The first-order valence-corrected chi connectivity index (χ1v) is 6.59. The molecule has 0 aliphatic carbocycles. The van der Waals surface area contributed by atoms with Gasteiger partial charge < -0.3 is 9.29 Å². The van der Waals surface area contributed by atoms with E-state index in [9.17, 15) is 9.35 Å². The monoisotopic (exact) mass is 267 g/mol. The standard InChI is InChI=1S/C13H17NO3S/c1-13(2,3)18(16)14-9-10-6-5-7-11(8-10)12(15)17-4/h5-9H,1-4H3/b14-9+/t18-/m0/s1. The number of rotatable bonds is 3. The lowest BCUT2D eigenvalue weighted by atomic mass is 10.1. The number of esters is 1. The molecule has 5 heteroatoms. The minimum absolute atomic E-state index is 0.392. The van der Waals surface area contributed by atoms with E-state index < -0.39 is 22.1 Å². The van der Waals surface area contributed by atoms with Gasteiger partial charge in [-0.25, -0.2) is 4.79 Å². The fourth-order valence-corrected chi connectivity index (χ4v) is 1.66. The Bertz CT molecular complexity index is 452. The van der Waals surface area contributed by atoms with Crippen molar-refractivity contribution in [2.24, 2.45) is 4.40 Å². The van der Waals surface area contributed by atoms with E-state index in [4.69, 9.17) is 0 Å². The summed E-state index contributed by atoms with van der Waals surface area (Å²) in [5, 5.41) is 0. The molecule has 0 heterocycles. The lowest BCUT2D eigenvalue weighted by molar-refractivity contribution is 0.0600. The Morgan fingerprint density at radius 3 is 2.67 bits per heavy atom. The number of carbonyl (C=O) groups excluding carboxylic acids is 1. The van der Waals surface area contributed by atoms with Gasteiger partial charge in [0.1, 0.15) is 16.1 Å². The molecule has 4 nitrogen and oxygen atoms in total. The average molecular weight is 267 g/mol. The summed E-state index contributed by atoms with van der Waals surface area (Å²) in [5.74, 6) is -0.401. The summed E-state index contributed by atoms with van der Waals surface area (Å²) >= 11 is -1.30. The maximum absolute atomic E-state index is 11.7. The first-order chi connectivity index (χ1) is 8.34. The van der Waals surface area contributed by atoms with Crippen LogP contribution in [0.3, 0.4) is 0 Å². The van der Waals surface area contributed by atoms with Crippen LogP contribution in [0.15, 0.2) is 28.7 Å². The summed E-state index contributed by atoms with van der Waals surface area (Å²) in [6, 6.07) is 6.82. The summed E-state index contributed by atoms with van der Waals surface area (Å²) in [6.45, 7) is 5.56. The summed E-state index contributed by atoms with van der Waals surface area (Å²) < 4.78 is 20.0. The minimum Gasteiger partial charge on any atom is -0.591 e. The molecule has 0 saturated carbocycles. The van der Waals surface area contributed by atoms with Crippen LogP contribution in [0, 0.1) is 0 Å². The molecule has 0 bridgehead atoms. The van der Waals surface area contributed by atoms with Gasteiger partial charge in [-0.2, -0.15) is 0 Å². The van der Waals surface area contributed by atoms with Gasteiger partial charge in [-0.05, 0) is 38.5 Å². The fourth-order valence-electron chi connectivity index (χ4n) is 1.13. The normalized spacial score (nSPS) is 13.6. The zero-order chi connectivity index (χ0) is 13.8. The molecular formula is C13H17NO3S. The minimum atomic E-state index is -1.30. The average Bonchev–Trinajstić information content (AvgIpc) is 2.34. The Hall–Kier alpha value is -1.33. The molecule has 18 heavy (non-hydrogen) atoms. The third-order valence-electron chi connectivity index (χ3n) is 2.13. The summed E-state index contributed by atoms with van der Waals surface area (Å²) in [5.41, 5.74) is 1.17. The molecule has 0 fully saturated rings. The van der Waals surface area contributed by atoms with E-state index in [0.717, 1.165) is 5.56 Å². The van der Waals surface area contributed by atoms with Gasteiger partial charge in [0, 0.05) is 0 Å². The van der Waals surface area contributed by atoms with Gasteiger partial charge in [0.15, 0.2) is 0 Å². The number of ether oxygens (including phenoxy) is 1. The third-order valence-corrected chi connectivity index (χ3v) is 3.47. The predicted octanol–water partition coefficient (Wildman–Crippen LogP) is 2.35. The first kappa shape index (κ1) is 14.7. The van der Waals surface area contributed by atoms with Crippen molar-refractivity contribution >= 4 is 23.5 Å². The molecule has 0 unspecified atom stereocenters. The number of methoxy groups -OCH3 is 1. The maximum atomic E-state index is 11.7. The molecule has 0 amide bonds. The van der Waals surface area contributed by atoms with Crippen molar-refractivity contribution in [2.45, 2.75) is 25.5 Å². The Morgan fingerprint density at radius 2 is 2.11 bits per heavy atom. The van der Waals surface area contributed by atoms with E-state index in [0.29, 0.717) is 5.56 Å². The lowest BCUT2D eigenvalue weighted by Crippen LogP contribution is -2.25. The van der Waals surface area contributed by atoms with Crippen LogP contribution in [0.25, 0.3) is 0 Å². The Labute approximate surface area is 110 Å². The molecule has 1 aromatic rings. The van der Waals surface area contributed by atoms with Gasteiger partial charge in [0.2, 0.25) is 0 Å². The SMILES string of the molecule is COC(=O)c1cccc(/C=N/[S@@+]([O-])C(C)(C)C)c1. The van der Waals surface area contributed by atoms with Crippen molar-refractivity contribution in [3.8, 4) is 0 Å². The topological polar surface area (TPSA) is 61.7 Å². The maximum Gasteiger partial charge on any atom is 0.337 e. The summed E-state index contributed by atoms with van der Waals surface area (Å²) in [4.78, 5) is 11.3. The van der Waals surface area contributed by atoms with Crippen LogP contribution in [0.2, 0.25) is 0 Å². The first-order valence-electron chi connectivity index (χ1n) is 5.49. The molecular weight excluding hydrogens is 250 g/mol. The van der Waals surface area contributed by atoms with Crippen LogP contribution in [-0.4, -0.2) is 28.6 Å². The molecule has 0 radical (unpaired) electrons. The molecule has 1 aromatic carbocycles. The highest BCUT2D eigenvalue weighted by Gasteiger charge is 2.25. The Kier molecular flexibility index (Phi) is 4.93. The van der Waals surface area contributed by atoms with Crippen molar-refractivity contribution in [2.75, 3.05) is 7.11 Å². The zero-order valence-corrected chi connectivity index (χ0v) is 11.8. The number of benzene rings is 1. The van der Waals surface area contributed by atoms with Gasteiger partial charge in [0.25, 0.3) is 0 Å².